The molecule has 0 aliphatic heterocycles. The van der Waals surface area contributed by atoms with Gasteiger partial charge in [0.15, 0.2) is 0 Å². The van der Waals surface area contributed by atoms with E-state index < -0.39 is 0 Å². The Bertz CT molecular complexity index is 2960. The molecule has 3 aromatic heterocycles. The van der Waals surface area contributed by atoms with E-state index in [0.29, 0.717) is 0 Å². The first-order valence-electron chi connectivity index (χ1n) is 18.3. The van der Waals surface area contributed by atoms with E-state index in [-0.39, 0.29) is 25.9 Å². The molecular weight excluding hydrogens is 935 g/mol. The molecule has 11 aromatic rings. The normalized spacial score (nSPS) is 10.8. The van der Waals surface area contributed by atoms with Crippen LogP contribution in [0.4, 0.5) is 0 Å². The van der Waals surface area contributed by atoms with Crippen molar-refractivity contribution >= 4 is 65.2 Å². The second kappa shape index (κ2) is 17.3. The van der Waals surface area contributed by atoms with Gasteiger partial charge in [-0.3, -0.25) is 0 Å². The van der Waals surface area contributed by atoms with Crippen LogP contribution in [-0.2, 0) is 20.1 Å². The Morgan fingerprint density at radius 1 is 0.492 bits per heavy atom. The molecule has 0 spiro atoms. The largest absolute Gasteiger partial charge is 0.554 e. The van der Waals surface area contributed by atoms with E-state index in [1.165, 1.54) is 0 Å². The van der Waals surface area contributed by atoms with E-state index in [0.717, 1.165) is 87.3 Å². The van der Waals surface area contributed by atoms with Gasteiger partial charge < -0.3 is 14.6 Å². The Hall–Kier alpha value is -6.98. The molecule has 1 N–H and O–H groups in total. The molecule has 0 saturated heterocycles. The van der Waals surface area contributed by atoms with Crippen LogP contribution in [0.5, 0.6) is 17.2 Å². The predicted octanol–water partition coefficient (Wildman–Crippen LogP) is 10.4. The third-order valence-corrected chi connectivity index (χ3v) is 10.5. The van der Waals surface area contributed by atoms with Gasteiger partial charge in [0.1, 0.15) is 32.8 Å². The summed E-state index contributed by atoms with van der Waals surface area (Å²) in [6.45, 7) is 0. The van der Waals surface area contributed by atoms with Crippen molar-refractivity contribution in [3.8, 4) is 39.2 Å². The molecule has 3 heterocycles. The second-order valence-electron chi connectivity index (χ2n) is 13.0. The van der Waals surface area contributed by atoms with E-state index >= 15 is 0 Å². The molecule has 59 heavy (non-hydrogen) atoms. The standard InChI is InChI=1S/2C17H12N3O.C13H9NOS.Ir/c2*1-21-17-11-10-16(12-6-2-3-7-13(12)17)20-18-14-8-4-5-9-15(14)19-20;15-11-7-3-1-5-9(11)13-14-10-6-2-4-8-12(10)16-13;/h2*2-9,11H,1H3;1-8,15H;/q2*-1;;. The summed E-state index contributed by atoms with van der Waals surface area (Å²) in [5.41, 5.74) is 6.88. The molecule has 0 fully saturated rings. The zero-order valence-corrected chi connectivity index (χ0v) is 34.9. The molecule has 1 radical (unpaired) electrons. The molecule has 11 rings (SSSR count). The van der Waals surface area contributed by atoms with Crippen molar-refractivity contribution in [2.45, 2.75) is 0 Å². The predicted molar refractivity (Wildman–Crippen MR) is 230 cm³/mol. The summed E-state index contributed by atoms with van der Waals surface area (Å²) in [5, 5.41) is 32.8. The van der Waals surface area contributed by atoms with Crippen molar-refractivity contribution in [3.05, 3.63) is 170 Å². The number of para-hydroxylation sites is 2. The third kappa shape index (κ3) is 7.84. The van der Waals surface area contributed by atoms with Crippen LogP contribution in [0.1, 0.15) is 0 Å². The first kappa shape index (κ1) is 38.9. The van der Waals surface area contributed by atoms with Crippen LogP contribution < -0.4 is 9.47 Å². The molecule has 10 nitrogen and oxygen atoms in total. The molecule has 0 aliphatic rings. The van der Waals surface area contributed by atoms with Gasteiger partial charge in [-0.25, -0.2) is 4.98 Å². The number of aromatic hydroxyl groups is 1. The van der Waals surface area contributed by atoms with Gasteiger partial charge in [-0.1, -0.05) is 106 Å². The third-order valence-electron chi connectivity index (χ3n) is 9.42. The second-order valence-corrected chi connectivity index (χ2v) is 14.0. The molecule has 0 amide bonds. The van der Waals surface area contributed by atoms with E-state index in [4.69, 9.17) is 9.47 Å². The average molecular weight is 968 g/mol. The molecule has 12 heteroatoms. The fraction of sp³-hybridized carbons (Fsp3) is 0.0426. The number of methoxy groups -OCH3 is 2. The van der Waals surface area contributed by atoms with E-state index in [1.54, 1.807) is 41.2 Å². The number of nitrogens with zero attached hydrogens (tertiary/aromatic N) is 7. The Morgan fingerprint density at radius 2 is 0.881 bits per heavy atom. The van der Waals surface area contributed by atoms with Gasteiger partial charge in [-0.15, -0.1) is 35.6 Å². The number of rotatable bonds is 5. The Balaban J connectivity index is 0.000000123. The molecule has 8 aromatic carbocycles. The summed E-state index contributed by atoms with van der Waals surface area (Å²) in [4.78, 5) is 7.77. The van der Waals surface area contributed by atoms with Gasteiger partial charge in [-0.05, 0) is 59.9 Å². The molecule has 0 bridgehead atoms. The van der Waals surface area contributed by atoms with Gasteiger partial charge in [0.2, 0.25) is 0 Å². The van der Waals surface area contributed by atoms with Gasteiger partial charge in [0.25, 0.3) is 0 Å². The fourth-order valence-corrected chi connectivity index (χ4v) is 7.62. The Kier molecular flexibility index (Phi) is 11.4. The van der Waals surface area contributed by atoms with E-state index in [2.05, 4.69) is 37.5 Å². The monoisotopic (exact) mass is 968 g/mol. The number of phenols is 1. The maximum Gasteiger partial charge on any atom is 0.128 e. The topological polar surface area (TPSA) is 113 Å². The van der Waals surface area contributed by atoms with Crippen LogP contribution in [-0.4, -0.2) is 54.3 Å². The SMILES string of the molecule is COc1c[c-]c(-n2nc3ccccc3n2)c2ccccc12.COc1c[c-]c(-n2nc3ccccc3n2)c2ccccc12.Oc1ccccc1-c1nc2ccccc2s1.[Ir]. The van der Waals surface area contributed by atoms with Crippen LogP contribution in [0.3, 0.4) is 0 Å². The summed E-state index contributed by atoms with van der Waals surface area (Å²) in [6, 6.07) is 57.0. The van der Waals surface area contributed by atoms with Crippen LogP contribution in [0.15, 0.2) is 158 Å². The first-order valence-corrected chi connectivity index (χ1v) is 19.1. The smallest absolute Gasteiger partial charge is 0.128 e. The summed E-state index contributed by atoms with van der Waals surface area (Å²) in [5.74, 6) is 1.87. The zero-order valence-electron chi connectivity index (χ0n) is 31.6. The van der Waals surface area contributed by atoms with Crippen LogP contribution >= 0.6 is 11.3 Å². The first-order chi connectivity index (χ1) is 28.6. The number of thiazole rings is 1. The number of hydrogen-bond donors (Lipinski definition) is 1. The summed E-state index contributed by atoms with van der Waals surface area (Å²) in [6.07, 6.45) is 0. The van der Waals surface area contributed by atoms with Crippen molar-refractivity contribution in [2.24, 2.45) is 0 Å². The number of benzene rings is 8. The molecule has 291 valence electrons. The van der Waals surface area contributed by atoms with E-state index in [9.17, 15) is 5.11 Å². The molecule has 0 saturated carbocycles. The number of aromatic nitrogens is 7. The fourth-order valence-electron chi connectivity index (χ4n) is 6.62. The van der Waals surface area contributed by atoms with Gasteiger partial charge in [0, 0.05) is 31.6 Å². The minimum atomic E-state index is 0. The number of phenolic OH excluding ortho intramolecular Hbond substituents is 1. The average Bonchev–Trinajstić information content (AvgIpc) is 4.03. The van der Waals surface area contributed by atoms with Crippen molar-refractivity contribution < 1.29 is 34.7 Å². The maximum absolute atomic E-state index is 9.76. The van der Waals surface area contributed by atoms with Crippen LogP contribution in [0.25, 0.3) is 75.8 Å². The Morgan fingerprint density at radius 3 is 1.32 bits per heavy atom. The Labute approximate surface area is 356 Å². The van der Waals surface area contributed by atoms with Crippen molar-refractivity contribution in [1.29, 1.82) is 0 Å². The van der Waals surface area contributed by atoms with Gasteiger partial charge >= 0.3 is 0 Å². The molecular formula is C47H33IrN7O3S-2. The minimum absolute atomic E-state index is 0. The quantitative estimate of drug-likeness (QED) is 0.170. The van der Waals surface area contributed by atoms with Crippen LogP contribution in [0.2, 0.25) is 0 Å². The van der Waals surface area contributed by atoms with Gasteiger partial charge in [-0.2, -0.15) is 42.1 Å². The molecule has 0 aliphatic carbocycles. The van der Waals surface area contributed by atoms with Crippen LogP contribution in [0, 0.1) is 12.1 Å². The van der Waals surface area contributed by atoms with E-state index in [1.807, 2.05) is 152 Å². The number of hydrogen-bond acceptors (Lipinski definition) is 9. The van der Waals surface area contributed by atoms with Crippen molar-refractivity contribution in [3.63, 3.8) is 0 Å². The summed E-state index contributed by atoms with van der Waals surface area (Å²) < 4.78 is 11.9. The summed E-state index contributed by atoms with van der Waals surface area (Å²) >= 11 is 1.59. The number of ether oxygens (including phenoxy) is 2. The van der Waals surface area contributed by atoms with Crippen molar-refractivity contribution in [2.75, 3.05) is 14.2 Å². The van der Waals surface area contributed by atoms with Crippen molar-refractivity contribution in [1.82, 2.24) is 35.0 Å². The maximum atomic E-state index is 9.76. The molecule has 0 atom stereocenters. The molecule has 0 unspecified atom stereocenters. The summed E-state index contributed by atoms with van der Waals surface area (Å²) in [7, 11) is 3.32. The van der Waals surface area contributed by atoms with Gasteiger partial charge in [0.05, 0.1) is 30.0 Å². The zero-order chi connectivity index (χ0) is 39.4. The number of fused-ring (bicyclic) bond motifs is 5. The minimum Gasteiger partial charge on any atom is -0.554 e.